The zero-order chi connectivity index (χ0) is 15.2. The fourth-order valence-electron chi connectivity index (χ4n) is 2.03. The molecule has 1 N–H and O–H groups in total. The van der Waals surface area contributed by atoms with E-state index in [4.69, 9.17) is 4.74 Å². The molecule has 0 atom stereocenters. The lowest BCUT2D eigenvalue weighted by Gasteiger charge is -2.13. The molecule has 2 rings (SSSR count). The lowest BCUT2D eigenvalue weighted by atomic mass is 10.2. The van der Waals surface area contributed by atoms with Crippen molar-refractivity contribution in [2.24, 2.45) is 0 Å². The highest BCUT2D eigenvalue weighted by molar-refractivity contribution is 9.11. The molecule has 0 saturated heterocycles. The van der Waals surface area contributed by atoms with Gasteiger partial charge in [-0.3, -0.25) is 0 Å². The Morgan fingerprint density at radius 2 is 1.95 bits per heavy atom. The summed E-state index contributed by atoms with van der Waals surface area (Å²) in [4.78, 5) is 4.32. The minimum Gasteiger partial charge on any atom is -0.483 e. The van der Waals surface area contributed by atoms with E-state index >= 15 is 0 Å². The number of rotatable bonds is 7. The van der Waals surface area contributed by atoms with Gasteiger partial charge in [-0.15, -0.1) is 0 Å². The molecule has 0 amide bonds. The Kier molecular flexibility index (Phi) is 6.26. The van der Waals surface area contributed by atoms with Gasteiger partial charge in [-0.05, 0) is 63.0 Å². The van der Waals surface area contributed by atoms with Gasteiger partial charge in [-0.25, -0.2) is 4.98 Å². The van der Waals surface area contributed by atoms with Crippen LogP contribution in [0.5, 0.6) is 5.75 Å². The van der Waals surface area contributed by atoms with E-state index in [1.807, 2.05) is 6.20 Å². The van der Waals surface area contributed by atoms with Crippen molar-refractivity contribution in [3.8, 4) is 5.75 Å². The Bertz CT molecular complexity index is 575. The van der Waals surface area contributed by atoms with Gasteiger partial charge in [0.1, 0.15) is 18.2 Å². The molecule has 6 heteroatoms. The first-order chi connectivity index (χ1) is 10.2. The Hall–Kier alpha value is -0.850. The zero-order valence-electron chi connectivity index (χ0n) is 12.2. The first kappa shape index (κ1) is 16.5. The van der Waals surface area contributed by atoms with Crippen molar-refractivity contribution in [2.45, 2.75) is 33.5 Å². The zero-order valence-corrected chi connectivity index (χ0v) is 15.4. The lowest BCUT2D eigenvalue weighted by Crippen LogP contribution is -2.12. The smallest absolute Gasteiger partial charge is 0.148 e. The van der Waals surface area contributed by atoms with Crippen molar-refractivity contribution in [2.75, 3.05) is 6.54 Å². The first-order valence-corrected chi connectivity index (χ1v) is 8.55. The summed E-state index contributed by atoms with van der Waals surface area (Å²) in [6, 6.07) is 4.16. The van der Waals surface area contributed by atoms with Crippen LogP contribution in [-0.2, 0) is 19.7 Å². The van der Waals surface area contributed by atoms with Crippen LogP contribution in [0.25, 0.3) is 0 Å². The third kappa shape index (κ3) is 4.31. The Morgan fingerprint density at radius 3 is 2.57 bits per heavy atom. The summed E-state index contributed by atoms with van der Waals surface area (Å²) in [6.45, 7) is 7.32. The SMILES string of the molecule is CCNCc1cc(Br)c(OCc2nccn2CC)c(Br)c1. The molecule has 1 aromatic heterocycles. The van der Waals surface area contributed by atoms with Crippen molar-refractivity contribution in [1.82, 2.24) is 14.9 Å². The third-order valence-corrected chi connectivity index (χ3v) is 4.30. The molecule has 4 nitrogen and oxygen atoms in total. The van der Waals surface area contributed by atoms with E-state index in [9.17, 15) is 0 Å². The second-order valence-electron chi connectivity index (χ2n) is 4.59. The number of ether oxygens (including phenoxy) is 1. The normalized spacial score (nSPS) is 10.9. The van der Waals surface area contributed by atoms with Gasteiger partial charge in [0.15, 0.2) is 0 Å². The monoisotopic (exact) mass is 415 g/mol. The van der Waals surface area contributed by atoms with Crippen molar-refractivity contribution in [3.63, 3.8) is 0 Å². The predicted molar refractivity (Wildman–Crippen MR) is 91.5 cm³/mol. The van der Waals surface area contributed by atoms with Gasteiger partial charge in [0, 0.05) is 25.5 Å². The highest BCUT2D eigenvalue weighted by Crippen LogP contribution is 2.35. The topological polar surface area (TPSA) is 39.1 Å². The average molecular weight is 417 g/mol. The summed E-state index contributed by atoms with van der Waals surface area (Å²) in [5.41, 5.74) is 1.21. The molecular formula is C15H19Br2N3O. The van der Waals surface area contributed by atoms with E-state index in [0.717, 1.165) is 40.2 Å². The molecule has 0 unspecified atom stereocenters. The molecule has 0 aliphatic rings. The van der Waals surface area contributed by atoms with Crippen LogP contribution in [0.15, 0.2) is 33.5 Å². The maximum atomic E-state index is 5.92. The molecule has 1 aromatic carbocycles. The number of benzene rings is 1. The molecule has 21 heavy (non-hydrogen) atoms. The Balaban J connectivity index is 2.09. The summed E-state index contributed by atoms with van der Waals surface area (Å²) in [7, 11) is 0. The van der Waals surface area contributed by atoms with Crippen LogP contribution in [0.3, 0.4) is 0 Å². The van der Waals surface area contributed by atoms with Gasteiger partial charge < -0.3 is 14.6 Å². The highest BCUT2D eigenvalue weighted by Gasteiger charge is 2.11. The number of aryl methyl sites for hydroxylation is 1. The number of nitrogens with one attached hydrogen (secondary N) is 1. The molecule has 114 valence electrons. The van der Waals surface area contributed by atoms with Gasteiger partial charge >= 0.3 is 0 Å². The molecule has 2 aromatic rings. The number of aromatic nitrogens is 2. The first-order valence-electron chi connectivity index (χ1n) is 6.97. The van der Waals surface area contributed by atoms with Gasteiger partial charge in [-0.2, -0.15) is 0 Å². The van der Waals surface area contributed by atoms with Gasteiger partial charge in [0.05, 0.1) is 8.95 Å². The second-order valence-corrected chi connectivity index (χ2v) is 6.30. The third-order valence-electron chi connectivity index (χ3n) is 3.13. The maximum Gasteiger partial charge on any atom is 0.148 e. The Labute approximate surface area is 142 Å². The summed E-state index contributed by atoms with van der Waals surface area (Å²) < 4.78 is 9.87. The van der Waals surface area contributed by atoms with E-state index in [0.29, 0.717) is 6.61 Å². The fourth-order valence-corrected chi connectivity index (χ4v) is 3.54. The highest BCUT2D eigenvalue weighted by atomic mass is 79.9. The second kappa shape index (κ2) is 7.96. The largest absolute Gasteiger partial charge is 0.483 e. The van der Waals surface area contributed by atoms with E-state index in [2.05, 4.69) is 72.7 Å². The van der Waals surface area contributed by atoms with E-state index in [1.165, 1.54) is 5.56 Å². The maximum absolute atomic E-state index is 5.92. The molecule has 1 heterocycles. The van der Waals surface area contributed by atoms with Gasteiger partial charge in [0.25, 0.3) is 0 Å². The molecule has 0 fully saturated rings. The molecule has 0 aliphatic carbocycles. The summed E-state index contributed by atoms with van der Waals surface area (Å²) in [6.07, 6.45) is 3.76. The predicted octanol–water partition coefficient (Wildman–Crippen LogP) is 4.12. The quantitative estimate of drug-likeness (QED) is 0.737. The summed E-state index contributed by atoms with van der Waals surface area (Å²) in [5.74, 6) is 1.73. The van der Waals surface area contributed by atoms with Gasteiger partial charge in [0.2, 0.25) is 0 Å². The lowest BCUT2D eigenvalue weighted by molar-refractivity contribution is 0.286. The standard InChI is InChI=1S/C15H19Br2N3O/c1-3-18-9-11-7-12(16)15(13(17)8-11)21-10-14-19-5-6-20(14)4-2/h5-8,18H,3-4,9-10H2,1-2H3. The van der Waals surface area contributed by atoms with Crippen LogP contribution in [0, 0.1) is 0 Å². The van der Waals surface area contributed by atoms with E-state index < -0.39 is 0 Å². The van der Waals surface area contributed by atoms with Crippen LogP contribution < -0.4 is 10.1 Å². The van der Waals surface area contributed by atoms with Crippen LogP contribution in [0.4, 0.5) is 0 Å². The molecule has 0 saturated carbocycles. The van der Waals surface area contributed by atoms with Crippen LogP contribution in [0.1, 0.15) is 25.2 Å². The molecule has 0 radical (unpaired) electrons. The van der Waals surface area contributed by atoms with Crippen molar-refractivity contribution in [3.05, 3.63) is 44.9 Å². The number of hydrogen-bond acceptors (Lipinski definition) is 3. The summed E-state index contributed by atoms with van der Waals surface area (Å²) >= 11 is 7.16. The van der Waals surface area contributed by atoms with E-state index in [-0.39, 0.29) is 0 Å². The van der Waals surface area contributed by atoms with E-state index in [1.54, 1.807) is 6.20 Å². The van der Waals surface area contributed by atoms with Crippen LogP contribution in [0.2, 0.25) is 0 Å². The molecular weight excluding hydrogens is 398 g/mol. The number of halogens is 2. The number of imidazole rings is 1. The fraction of sp³-hybridized carbons (Fsp3) is 0.400. The molecule has 0 spiro atoms. The van der Waals surface area contributed by atoms with Crippen molar-refractivity contribution < 1.29 is 4.74 Å². The van der Waals surface area contributed by atoms with Crippen LogP contribution >= 0.6 is 31.9 Å². The van der Waals surface area contributed by atoms with Gasteiger partial charge in [-0.1, -0.05) is 6.92 Å². The van der Waals surface area contributed by atoms with Crippen molar-refractivity contribution in [1.29, 1.82) is 0 Å². The molecule has 0 bridgehead atoms. The number of hydrogen-bond donors (Lipinski definition) is 1. The average Bonchev–Trinajstić information content (AvgIpc) is 2.91. The number of nitrogens with zero attached hydrogens (tertiary/aromatic N) is 2. The Morgan fingerprint density at radius 1 is 1.24 bits per heavy atom. The minimum absolute atomic E-state index is 0.449. The van der Waals surface area contributed by atoms with Crippen molar-refractivity contribution >= 4 is 31.9 Å². The van der Waals surface area contributed by atoms with Crippen LogP contribution in [-0.4, -0.2) is 16.1 Å². The molecule has 0 aliphatic heterocycles. The summed E-state index contributed by atoms with van der Waals surface area (Å²) in [5, 5.41) is 3.31. The minimum atomic E-state index is 0.449.